The second-order valence-corrected chi connectivity index (χ2v) is 9.23. The minimum atomic E-state index is -0.200. The van der Waals surface area contributed by atoms with Crippen LogP contribution >= 0.6 is 0 Å². The van der Waals surface area contributed by atoms with Gasteiger partial charge in [-0.2, -0.15) is 0 Å². The molecule has 0 amide bonds. The van der Waals surface area contributed by atoms with E-state index in [9.17, 15) is 4.79 Å². The molecule has 3 heterocycles. The van der Waals surface area contributed by atoms with E-state index in [2.05, 4.69) is 64.2 Å². The molecule has 5 nitrogen and oxygen atoms in total. The van der Waals surface area contributed by atoms with Crippen molar-refractivity contribution >= 4 is 18.6 Å². The van der Waals surface area contributed by atoms with Gasteiger partial charge in [0.1, 0.15) is 0 Å². The second-order valence-electron chi connectivity index (χ2n) is 9.23. The summed E-state index contributed by atoms with van der Waals surface area (Å²) >= 11 is 0. The van der Waals surface area contributed by atoms with Gasteiger partial charge < -0.3 is 9.88 Å². The van der Waals surface area contributed by atoms with Crippen molar-refractivity contribution in [3.05, 3.63) is 57.5 Å². The van der Waals surface area contributed by atoms with Crippen LogP contribution in [0.3, 0.4) is 0 Å². The molecule has 1 N–H and O–H groups in total. The van der Waals surface area contributed by atoms with Crippen molar-refractivity contribution in [2.75, 3.05) is 4.90 Å². The lowest BCUT2D eigenvalue weighted by molar-refractivity contribution is 0.363. The summed E-state index contributed by atoms with van der Waals surface area (Å²) in [6.07, 6.45) is 3.79. The second kappa shape index (κ2) is 6.36. The molecule has 148 valence electrons. The molecule has 0 bridgehead atoms. The fraction of sp³-hybridized carbons (Fsp3) is 0.391. The highest BCUT2D eigenvalue weighted by Gasteiger charge is 2.43. The van der Waals surface area contributed by atoms with Gasteiger partial charge in [-0.1, -0.05) is 25.3 Å². The molecule has 1 aliphatic heterocycles. The van der Waals surface area contributed by atoms with Crippen LogP contribution in [-0.2, 0) is 6.54 Å². The van der Waals surface area contributed by atoms with Crippen LogP contribution in [0.2, 0.25) is 0 Å². The van der Waals surface area contributed by atoms with Gasteiger partial charge in [-0.05, 0) is 53.2 Å². The lowest BCUT2D eigenvalue weighted by Gasteiger charge is -2.42. The van der Waals surface area contributed by atoms with Gasteiger partial charge >= 0.3 is 0 Å². The maximum Gasteiger partial charge on any atom is 0.255 e. The van der Waals surface area contributed by atoms with Crippen LogP contribution in [0.5, 0.6) is 0 Å². The third kappa shape index (κ3) is 3.26. The molecule has 28 heavy (non-hydrogen) atoms. The monoisotopic (exact) mass is 378 g/mol. The predicted octanol–water partition coefficient (Wildman–Crippen LogP) is 2.96. The Labute approximate surface area is 166 Å². The topological polar surface area (TPSA) is 53.9 Å². The Balaban J connectivity index is 2.26. The third-order valence-corrected chi connectivity index (χ3v) is 5.16. The van der Waals surface area contributed by atoms with Gasteiger partial charge in [0.2, 0.25) is 5.95 Å². The normalized spacial score (nSPS) is 16.4. The van der Waals surface area contributed by atoms with Crippen molar-refractivity contribution in [2.24, 2.45) is 0 Å². The summed E-state index contributed by atoms with van der Waals surface area (Å²) in [5, 5.41) is 1.64. The highest BCUT2D eigenvalue weighted by atomic mass is 16.1. The van der Waals surface area contributed by atoms with E-state index >= 15 is 0 Å². The number of aromatic nitrogens is 3. The average molecular weight is 379 g/mol. The first-order valence-electron chi connectivity index (χ1n) is 9.48. The summed E-state index contributed by atoms with van der Waals surface area (Å²) in [7, 11) is 0. The summed E-state index contributed by atoms with van der Waals surface area (Å²) in [6, 6.07) is 1.61. The molecule has 2 aromatic rings. The van der Waals surface area contributed by atoms with Gasteiger partial charge in [0.05, 0.1) is 17.8 Å². The van der Waals surface area contributed by atoms with Crippen LogP contribution in [0.25, 0.3) is 23.9 Å². The minimum Gasteiger partial charge on any atom is -0.361 e. The number of H-pyrrole nitrogens is 1. The zero-order chi connectivity index (χ0) is 21.0. The average Bonchev–Trinajstić information content (AvgIpc) is 3.03. The van der Waals surface area contributed by atoms with Crippen LogP contribution in [0.1, 0.15) is 41.5 Å². The lowest BCUT2D eigenvalue weighted by Crippen LogP contribution is -2.52. The Kier molecular flexibility index (Phi) is 4.53. The Hall–Kier alpha value is -2.82. The van der Waals surface area contributed by atoms with E-state index in [-0.39, 0.29) is 16.6 Å². The lowest BCUT2D eigenvalue weighted by atomic mass is 9.97. The fourth-order valence-corrected chi connectivity index (χ4v) is 4.04. The molecule has 0 atom stereocenters. The van der Waals surface area contributed by atoms with Crippen molar-refractivity contribution < 1.29 is 0 Å². The Morgan fingerprint density at radius 1 is 1.32 bits per heavy atom. The minimum absolute atomic E-state index is 0.0451. The zero-order valence-corrected chi connectivity index (χ0v) is 17.8. The highest BCUT2D eigenvalue weighted by molar-refractivity contribution is 5.67. The number of nitrogens with zero attached hydrogens (tertiary/aromatic N) is 3. The van der Waals surface area contributed by atoms with Gasteiger partial charge in [0.25, 0.3) is 5.56 Å². The summed E-state index contributed by atoms with van der Waals surface area (Å²) in [5.74, 6) is 0.705. The van der Waals surface area contributed by atoms with Crippen molar-refractivity contribution in [3.63, 3.8) is 0 Å². The molecule has 2 aromatic heterocycles. The molecular weight excluding hydrogens is 348 g/mol. The number of hydrogen-bond acceptors (Lipinski definition) is 3. The Morgan fingerprint density at radius 3 is 2.54 bits per heavy atom. The largest absolute Gasteiger partial charge is 0.361 e. The summed E-state index contributed by atoms with van der Waals surface area (Å²) < 4.78 is 1.77. The number of allylic oxidation sites excluding steroid dienone is 2. The number of fused-ring (bicyclic) bond motifs is 1. The van der Waals surface area contributed by atoms with E-state index in [4.69, 9.17) is 4.98 Å². The van der Waals surface area contributed by atoms with Gasteiger partial charge in [0, 0.05) is 33.9 Å². The molecule has 0 spiro atoms. The summed E-state index contributed by atoms with van der Waals surface area (Å²) in [4.78, 5) is 23.2. The van der Waals surface area contributed by atoms with Gasteiger partial charge in [-0.25, -0.2) is 4.98 Å². The van der Waals surface area contributed by atoms with Crippen molar-refractivity contribution in [1.82, 2.24) is 14.5 Å². The summed E-state index contributed by atoms with van der Waals surface area (Å²) in [5.41, 5.74) is 2.76. The number of nitrogens with one attached hydrogen (secondary N) is 1. The molecule has 0 aliphatic carbocycles. The molecule has 0 saturated carbocycles. The van der Waals surface area contributed by atoms with E-state index in [1.165, 1.54) is 0 Å². The van der Waals surface area contributed by atoms with Crippen molar-refractivity contribution in [2.45, 2.75) is 59.2 Å². The molecule has 0 radical (unpaired) electrons. The maximum atomic E-state index is 12.9. The van der Waals surface area contributed by atoms with E-state index in [1.807, 2.05) is 19.2 Å². The number of rotatable bonds is 3. The van der Waals surface area contributed by atoms with Crippen molar-refractivity contribution in [1.29, 1.82) is 0 Å². The molecule has 0 aromatic carbocycles. The molecule has 5 heteroatoms. The Morgan fingerprint density at radius 2 is 1.96 bits per heavy atom. The number of hydrogen-bond donors (Lipinski definition) is 1. The van der Waals surface area contributed by atoms with Crippen LogP contribution in [0.4, 0.5) is 5.95 Å². The number of anilines is 1. The molecule has 3 rings (SSSR count). The van der Waals surface area contributed by atoms with E-state index < -0.39 is 0 Å². The predicted molar refractivity (Wildman–Crippen MR) is 118 cm³/mol. The molecule has 0 unspecified atom stereocenters. The van der Waals surface area contributed by atoms with E-state index in [1.54, 1.807) is 10.6 Å². The van der Waals surface area contributed by atoms with Crippen molar-refractivity contribution in [3.8, 4) is 11.3 Å². The van der Waals surface area contributed by atoms with Crippen LogP contribution in [0, 0.1) is 0 Å². The zero-order valence-electron chi connectivity index (χ0n) is 17.8. The molecular formula is C23H30N4O. The van der Waals surface area contributed by atoms with Crippen LogP contribution < -0.4 is 21.0 Å². The van der Waals surface area contributed by atoms with E-state index in [0.29, 0.717) is 18.2 Å². The first-order chi connectivity index (χ1) is 12.8. The SMILES string of the molecule is C=C(C)C(=C)/C=c1/c(-c2cc(=O)n3c(n2)N(C(C)(C)C)C(C)(C)C3)c[nH]c1=C. The third-order valence-electron chi connectivity index (χ3n) is 5.16. The van der Waals surface area contributed by atoms with Crippen LogP contribution in [-0.4, -0.2) is 25.6 Å². The first kappa shape index (κ1) is 19.9. The standard InChI is InChI=1S/C23H30N4O/c1-14(2)15(3)10-17-16(4)24-12-18(17)19-11-20(28)26-13-23(8,9)27(21(26)25-19)22(5,6)7/h10-12,24H,1,3-4,13H2,2,5-9H3/b17-10+. The van der Waals surface area contributed by atoms with Crippen LogP contribution in [0.15, 0.2) is 41.4 Å². The fourth-order valence-electron chi connectivity index (χ4n) is 4.04. The maximum absolute atomic E-state index is 12.9. The Bertz CT molecular complexity index is 1140. The molecule has 0 fully saturated rings. The highest BCUT2D eigenvalue weighted by Crippen LogP contribution is 2.37. The smallest absolute Gasteiger partial charge is 0.255 e. The quantitative estimate of drug-likeness (QED) is 0.836. The molecule has 1 aliphatic rings. The summed E-state index contributed by atoms with van der Waals surface area (Å²) in [6.45, 7) is 25.3. The van der Waals surface area contributed by atoms with Gasteiger partial charge in [0.15, 0.2) is 0 Å². The van der Waals surface area contributed by atoms with Gasteiger partial charge in [-0.3, -0.25) is 9.36 Å². The number of aromatic amines is 1. The molecule has 0 saturated heterocycles. The first-order valence-corrected chi connectivity index (χ1v) is 9.48. The van der Waals surface area contributed by atoms with E-state index in [0.717, 1.165) is 27.3 Å². The van der Waals surface area contributed by atoms with Gasteiger partial charge in [-0.15, -0.1) is 0 Å².